The minimum atomic E-state index is 0.470. The summed E-state index contributed by atoms with van der Waals surface area (Å²) in [4.78, 5) is 1.80. The van der Waals surface area contributed by atoms with Crippen LogP contribution in [0.3, 0.4) is 0 Å². The summed E-state index contributed by atoms with van der Waals surface area (Å²) in [5, 5.41) is 3.04. The lowest BCUT2D eigenvalue weighted by atomic mass is 9.78. The van der Waals surface area contributed by atoms with Crippen LogP contribution >= 0.6 is 38.9 Å². The molecule has 2 rings (SSSR count). The molecule has 1 aromatic rings. The Morgan fingerprint density at radius 3 is 2.67 bits per heavy atom. The standard InChI is InChI=1S/C15H22BrClS/c1-2-3-4-11-5-7-12(8-6-11)14(16)15-13(17)9-10-18-15/h9-12,14H,2-8H2,1H3. The van der Waals surface area contributed by atoms with Crippen LogP contribution in [0.2, 0.25) is 5.02 Å². The van der Waals surface area contributed by atoms with Gasteiger partial charge in [-0.1, -0.05) is 66.6 Å². The highest BCUT2D eigenvalue weighted by molar-refractivity contribution is 9.09. The highest BCUT2D eigenvalue weighted by atomic mass is 79.9. The zero-order chi connectivity index (χ0) is 13.0. The molecule has 3 heteroatoms. The van der Waals surface area contributed by atoms with Crippen molar-refractivity contribution in [3.63, 3.8) is 0 Å². The quantitative estimate of drug-likeness (QED) is 0.511. The summed E-state index contributed by atoms with van der Waals surface area (Å²) in [6, 6.07) is 2.02. The zero-order valence-electron chi connectivity index (χ0n) is 11.0. The maximum Gasteiger partial charge on any atom is 0.0556 e. The van der Waals surface area contributed by atoms with E-state index in [0.717, 1.165) is 16.9 Å². The summed E-state index contributed by atoms with van der Waals surface area (Å²) in [5.41, 5.74) is 0. The number of alkyl halides is 1. The molecule has 0 spiro atoms. The molecule has 1 unspecified atom stereocenters. The molecule has 1 heterocycles. The van der Waals surface area contributed by atoms with Crippen LogP contribution in [0.5, 0.6) is 0 Å². The highest BCUT2D eigenvalue weighted by Gasteiger charge is 2.28. The van der Waals surface area contributed by atoms with Gasteiger partial charge in [-0.2, -0.15) is 0 Å². The summed E-state index contributed by atoms with van der Waals surface area (Å²) < 4.78 is 0. The van der Waals surface area contributed by atoms with E-state index in [4.69, 9.17) is 11.6 Å². The van der Waals surface area contributed by atoms with Crippen molar-refractivity contribution in [3.05, 3.63) is 21.3 Å². The van der Waals surface area contributed by atoms with E-state index in [2.05, 4.69) is 28.2 Å². The van der Waals surface area contributed by atoms with E-state index in [9.17, 15) is 0 Å². The van der Waals surface area contributed by atoms with Gasteiger partial charge >= 0.3 is 0 Å². The maximum absolute atomic E-state index is 6.23. The number of hydrogen-bond donors (Lipinski definition) is 0. The van der Waals surface area contributed by atoms with Crippen molar-refractivity contribution < 1.29 is 0 Å². The van der Waals surface area contributed by atoms with Gasteiger partial charge in [0.2, 0.25) is 0 Å². The molecule has 1 aliphatic carbocycles. The van der Waals surface area contributed by atoms with Crippen molar-refractivity contribution in [1.82, 2.24) is 0 Å². The third-order valence-corrected chi connectivity index (χ3v) is 7.12. The molecule has 0 bridgehead atoms. The summed E-state index contributed by atoms with van der Waals surface area (Å²) in [7, 11) is 0. The molecule has 0 saturated heterocycles. The van der Waals surface area contributed by atoms with E-state index in [1.807, 2.05) is 6.07 Å². The molecule has 0 radical (unpaired) electrons. The Balaban J connectivity index is 1.84. The minimum absolute atomic E-state index is 0.470. The summed E-state index contributed by atoms with van der Waals surface area (Å²) in [5.74, 6) is 1.76. The SMILES string of the molecule is CCCCC1CCC(C(Br)c2sccc2Cl)CC1. The van der Waals surface area contributed by atoms with Crippen LogP contribution in [-0.4, -0.2) is 0 Å². The number of halogens is 2. The second kappa shape index (κ2) is 7.31. The van der Waals surface area contributed by atoms with Gasteiger partial charge in [0.25, 0.3) is 0 Å². The fourth-order valence-electron chi connectivity index (χ4n) is 2.98. The Hall–Kier alpha value is 0.470. The monoisotopic (exact) mass is 348 g/mol. The van der Waals surface area contributed by atoms with E-state index < -0.39 is 0 Å². The fourth-order valence-corrected chi connectivity index (χ4v) is 5.45. The first kappa shape index (κ1) is 14.9. The predicted octanol–water partition coefficient (Wildman–Crippen LogP) is 6.83. The second-order valence-corrected chi connectivity index (χ2v) is 7.80. The van der Waals surface area contributed by atoms with Gasteiger partial charge in [0.05, 0.1) is 9.85 Å². The Morgan fingerprint density at radius 1 is 1.39 bits per heavy atom. The average molecular weight is 350 g/mol. The van der Waals surface area contributed by atoms with Gasteiger partial charge in [-0.05, 0) is 36.1 Å². The molecule has 0 amide bonds. The Morgan fingerprint density at radius 2 is 2.11 bits per heavy atom. The van der Waals surface area contributed by atoms with Crippen LogP contribution in [0.4, 0.5) is 0 Å². The van der Waals surface area contributed by atoms with E-state index in [-0.39, 0.29) is 0 Å². The predicted molar refractivity (Wildman–Crippen MR) is 86.0 cm³/mol. The second-order valence-electron chi connectivity index (χ2n) is 5.46. The smallest absolute Gasteiger partial charge is 0.0556 e. The van der Waals surface area contributed by atoms with Crippen LogP contribution in [0.25, 0.3) is 0 Å². The third kappa shape index (κ3) is 3.74. The molecule has 0 aliphatic heterocycles. The molecule has 0 nitrogen and oxygen atoms in total. The number of unbranched alkanes of at least 4 members (excludes halogenated alkanes) is 1. The van der Waals surface area contributed by atoms with E-state index in [1.54, 1.807) is 11.3 Å². The fraction of sp³-hybridized carbons (Fsp3) is 0.733. The van der Waals surface area contributed by atoms with Gasteiger partial charge in [0.15, 0.2) is 0 Å². The zero-order valence-corrected chi connectivity index (χ0v) is 14.2. The lowest BCUT2D eigenvalue weighted by molar-refractivity contribution is 0.258. The molecule has 1 saturated carbocycles. The summed E-state index contributed by atoms with van der Waals surface area (Å²) in [6.07, 6.45) is 9.73. The van der Waals surface area contributed by atoms with Crippen LogP contribution < -0.4 is 0 Å². The highest BCUT2D eigenvalue weighted by Crippen LogP contribution is 2.46. The maximum atomic E-state index is 6.23. The molecule has 1 aliphatic rings. The molecule has 0 N–H and O–H groups in total. The number of hydrogen-bond acceptors (Lipinski definition) is 1. The van der Waals surface area contributed by atoms with Crippen molar-refractivity contribution in [2.75, 3.05) is 0 Å². The molecule has 0 aromatic carbocycles. The molecule has 18 heavy (non-hydrogen) atoms. The number of thiophene rings is 1. The molecule has 1 fully saturated rings. The largest absolute Gasteiger partial charge is 0.146 e. The third-order valence-electron chi connectivity index (χ3n) is 4.17. The first-order valence-corrected chi connectivity index (χ1v) is 9.26. The van der Waals surface area contributed by atoms with Gasteiger partial charge in [0, 0.05) is 4.88 Å². The van der Waals surface area contributed by atoms with Crippen molar-refractivity contribution in [2.45, 2.75) is 56.7 Å². The van der Waals surface area contributed by atoms with Gasteiger partial charge in [-0.25, -0.2) is 0 Å². The van der Waals surface area contributed by atoms with E-state index in [1.165, 1.54) is 49.8 Å². The van der Waals surface area contributed by atoms with Crippen molar-refractivity contribution in [2.24, 2.45) is 11.8 Å². The van der Waals surface area contributed by atoms with Crippen molar-refractivity contribution >= 4 is 38.9 Å². The first-order chi connectivity index (χ1) is 8.72. The van der Waals surface area contributed by atoms with Crippen LogP contribution in [0.1, 0.15) is 61.6 Å². The van der Waals surface area contributed by atoms with Crippen LogP contribution in [-0.2, 0) is 0 Å². The lowest BCUT2D eigenvalue weighted by Crippen LogP contribution is -2.17. The Labute approximate surface area is 128 Å². The van der Waals surface area contributed by atoms with E-state index >= 15 is 0 Å². The van der Waals surface area contributed by atoms with Gasteiger partial charge < -0.3 is 0 Å². The normalized spacial score (nSPS) is 26.2. The molecule has 1 atom stereocenters. The van der Waals surface area contributed by atoms with Crippen LogP contribution in [0.15, 0.2) is 11.4 Å². The minimum Gasteiger partial charge on any atom is -0.146 e. The first-order valence-electron chi connectivity index (χ1n) is 7.09. The molecule has 1 aromatic heterocycles. The lowest BCUT2D eigenvalue weighted by Gasteiger charge is -2.31. The van der Waals surface area contributed by atoms with Crippen LogP contribution in [0, 0.1) is 11.8 Å². The summed E-state index contributed by atoms with van der Waals surface area (Å²) in [6.45, 7) is 2.29. The van der Waals surface area contributed by atoms with E-state index in [0.29, 0.717) is 4.83 Å². The molecular formula is C15H22BrClS. The summed E-state index contributed by atoms with van der Waals surface area (Å²) >= 11 is 11.9. The van der Waals surface area contributed by atoms with Crippen molar-refractivity contribution in [1.29, 1.82) is 0 Å². The van der Waals surface area contributed by atoms with Gasteiger partial charge in [-0.15, -0.1) is 11.3 Å². The molecular weight excluding hydrogens is 328 g/mol. The molecule has 102 valence electrons. The Kier molecular flexibility index (Phi) is 6.03. The van der Waals surface area contributed by atoms with Gasteiger partial charge in [-0.3, -0.25) is 0 Å². The van der Waals surface area contributed by atoms with Gasteiger partial charge in [0.1, 0.15) is 0 Å². The Bertz CT molecular complexity index is 355. The topological polar surface area (TPSA) is 0 Å². The average Bonchev–Trinajstić information content (AvgIpc) is 2.82. The number of rotatable bonds is 5. The van der Waals surface area contributed by atoms with Crippen molar-refractivity contribution in [3.8, 4) is 0 Å².